The van der Waals surface area contributed by atoms with Crippen molar-refractivity contribution in [1.82, 2.24) is 28.3 Å². The zero-order valence-electron chi connectivity index (χ0n) is 21.7. The van der Waals surface area contributed by atoms with Gasteiger partial charge in [0.15, 0.2) is 0 Å². The van der Waals surface area contributed by atoms with Gasteiger partial charge in [0, 0.05) is 19.0 Å². The van der Waals surface area contributed by atoms with Crippen LogP contribution in [0, 0.1) is 5.92 Å². The Balaban J connectivity index is 1.00. The first-order chi connectivity index (χ1) is 20.0. The second-order valence-corrected chi connectivity index (χ2v) is 13.1. The van der Waals surface area contributed by atoms with E-state index < -0.39 is 0 Å². The summed E-state index contributed by atoms with van der Waals surface area (Å²) in [5, 5.41) is 20.4. The molecule has 0 saturated carbocycles. The van der Waals surface area contributed by atoms with Gasteiger partial charge in [-0.2, -0.15) is 0 Å². The van der Waals surface area contributed by atoms with E-state index in [0.717, 1.165) is 34.0 Å². The van der Waals surface area contributed by atoms with Crippen LogP contribution >= 0.6 is 45.7 Å². The SMILES string of the molecule is COc1ccc2sn(-c3nnc(OC[C@@H]4CCN(c5nnc(-n6sc7ccc(OC)cc7c6=O)s5)C4)s3)c(=O)c2c1. The Bertz CT molecular complexity index is 2000. The van der Waals surface area contributed by atoms with Gasteiger partial charge in [0.2, 0.25) is 15.4 Å². The van der Waals surface area contributed by atoms with E-state index >= 15 is 0 Å². The normalized spacial score (nSPS) is 15.3. The van der Waals surface area contributed by atoms with Crippen LogP contribution in [0.4, 0.5) is 5.13 Å². The molecule has 6 aromatic rings. The molecule has 0 spiro atoms. The van der Waals surface area contributed by atoms with Crippen LogP contribution in [0.25, 0.3) is 30.4 Å². The van der Waals surface area contributed by atoms with Crippen molar-refractivity contribution in [1.29, 1.82) is 0 Å². The van der Waals surface area contributed by atoms with Crippen LogP contribution in [0.15, 0.2) is 46.0 Å². The lowest BCUT2D eigenvalue weighted by Gasteiger charge is -2.13. The first-order valence-corrected chi connectivity index (χ1v) is 15.6. The van der Waals surface area contributed by atoms with E-state index in [0.29, 0.717) is 44.3 Å². The third-order valence-corrected chi connectivity index (χ3v) is 10.9. The summed E-state index contributed by atoms with van der Waals surface area (Å²) in [4.78, 5) is 28.0. The molecule has 1 aliphatic heterocycles. The number of ether oxygens (including phenoxy) is 3. The van der Waals surface area contributed by atoms with Gasteiger partial charge in [-0.05, 0) is 77.2 Å². The molecule has 12 nitrogen and oxygen atoms in total. The Hall–Kier alpha value is -3.86. The van der Waals surface area contributed by atoms with E-state index in [2.05, 4.69) is 25.3 Å². The molecule has 2 aromatic carbocycles. The lowest BCUT2D eigenvalue weighted by molar-refractivity contribution is 0.258. The molecular weight excluding hydrogens is 607 g/mol. The molecule has 1 fully saturated rings. The Morgan fingerprint density at radius 2 is 1.39 bits per heavy atom. The second kappa shape index (κ2) is 10.5. The van der Waals surface area contributed by atoms with E-state index in [9.17, 15) is 9.59 Å². The molecule has 1 atom stereocenters. The smallest absolute Gasteiger partial charge is 0.295 e. The van der Waals surface area contributed by atoms with Gasteiger partial charge < -0.3 is 19.1 Å². The van der Waals surface area contributed by atoms with Gasteiger partial charge in [0.1, 0.15) is 11.5 Å². The van der Waals surface area contributed by atoms with Gasteiger partial charge in [-0.15, -0.1) is 15.3 Å². The highest BCUT2D eigenvalue weighted by Gasteiger charge is 2.27. The first kappa shape index (κ1) is 26.1. The third kappa shape index (κ3) is 4.75. The third-order valence-electron chi connectivity index (χ3n) is 6.73. The van der Waals surface area contributed by atoms with Crippen molar-refractivity contribution in [2.24, 2.45) is 5.92 Å². The maximum absolute atomic E-state index is 13.0. The molecule has 0 unspecified atom stereocenters. The van der Waals surface area contributed by atoms with Gasteiger partial charge in [-0.1, -0.05) is 16.4 Å². The van der Waals surface area contributed by atoms with Gasteiger partial charge in [0.25, 0.3) is 16.3 Å². The Morgan fingerprint density at radius 3 is 2.02 bits per heavy atom. The number of fused-ring (bicyclic) bond motifs is 2. The van der Waals surface area contributed by atoms with Crippen molar-refractivity contribution in [2.45, 2.75) is 6.42 Å². The first-order valence-electron chi connectivity index (χ1n) is 12.5. The highest BCUT2D eigenvalue weighted by molar-refractivity contribution is 7.20. The number of hydrogen-bond acceptors (Lipinski definition) is 14. The van der Waals surface area contributed by atoms with Crippen LogP contribution in [0.1, 0.15) is 6.42 Å². The predicted octanol–water partition coefficient (Wildman–Crippen LogP) is 4.04. The molecule has 16 heteroatoms. The lowest BCUT2D eigenvalue weighted by atomic mass is 10.1. The van der Waals surface area contributed by atoms with E-state index in [1.807, 2.05) is 24.3 Å². The Morgan fingerprint density at radius 1 is 0.805 bits per heavy atom. The molecule has 7 rings (SSSR count). The van der Waals surface area contributed by atoms with Crippen LogP contribution in [0.5, 0.6) is 16.7 Å². The molecule has 1 saturated heterocycles. The number of nitrogens with zero attached hydrogens (tertiary/aromatic N) is 7. The zero-order chi connectivity index (χ0) is 28.1. The topological polar surface area (TPSA) is 126 Å². The molecule has 5 heterocycles. The van der Waals surface area contributed by atoms with Crippen LogP contribution in [-0.2, 0) is 0 Å². The molecular formula is C25H21N7O5S4. The fraction of sp³-hybridized carbons (Fsp3) is 0.280. The standard InChI is InChI=1S/C25H21N7O5S4/c1-35-14-3-5-18-16(9-14)20(33)31(40-18)23-27-26-22(38-23)30-8-7-13(11-30)12-37-25-29-28-24(39-25)32-21(34)17-10-15(36-2)4-6-19(17)41-32/h3-6,9-10,13H,7-8,11-12H2,1-2H3/t13-/m1/s1. The van der Waals surface area contributed by atoms with Gasteiger partial charge >= 0.3 is 0 Å². The highest BCUT2D eigenvalue weighted by Crippen LogP contribution is 2.32. The van der Waals surface area contributed by atoms with Crippen molar-refractivity contribution in [3.05, 3.63) is 57.1 Å². The van der Waals surface area contributed by atoms with Crippen LogP contribution < -0.4 is 30.2 Å². The highest BCUT2D eigenvalue weighted by atomic mass is 32.1. The van der Waals surface area contributed by atoms with Crippen molar-refractivity contribution < 1.29 is 14.2 Å². The number of aromatic nitrogens is 6. The summed E-state index contributed by atoms with van der Waals surface area (Å²) in [7, 11) is 3.15. The molecule has 0 bridgehead atoms. The second-order valence-electron chi connectivity index (χ2n) is 9.24. The lowest BCUT2D eigenvalue weighted by Crippen LogP contribution is -2.21. The molecule has 0 aliphatic carbocycles. The monoisotopic (exact) mass is 627 g/mol. The largest absolute Gasteiger partial charge is 0.497 e. The Labute approximate surface area is 247 Å². The molecule has 41 heavy (non-hydrogen) atoms. The molecule has 0 amide bonds. The average Bonchev–Trinajstić information content (AvgIpc) is 3.83. The average molecular weight is 628 g/mol. The number of hydrogen-bond donors (Lipinski definition) is 0. The minimum absolute atomic E-state index is 0.131. The summed E-state index contributed by atoms with van der Waals surface area (Å²) in [5.41, 5.74) is -0.291. The summed E-state index contributed by atoms with van der Waals surface area (Å²) in [5.74, 6) is 1.53. The summed E-state index contributed by atoms with van der Waals surface area (Å²) in [6.07, 6.45) is 0.917. The van der Waals surface area contributed by atoms with E-state index in [-0.39, 0.29) is 17.0 Å². The van der Waals surface area contributed by atoms with E-state index in [1.54, 1.807) is 30.3 Å². The van der Waals surface area contributed by atoms with Crippen LogP contribution in [0.3, 0.4) is 0 Å². The summed E-state index contributed by atoms with van der Waals surface area (Å²) in [6.45, 7) is 2.02. The van der Waals surface area contributed by atoms with Crippen molar-refractivity contribution in [3.63, 3.8) is 0 Å². The minimum Gasteiger partial charge on any atom is -0.497 e. The van der Waals surface area contributed by atoms with Crippen LogP contribution in [0.2, 0.25) is 0 Å². The quantitative estimate of drug-likeness (QED) is 0.244. The fourth-order valence-electron chi connectivity index (χ4n) is 4.61. The predicted molar refractivity (Wildman–Crippen MR) is 161 cm³/mol. The van der Waals surface area contributed by atoms with Gasteiger partial charge in [0.05, 0.1) is 41.0 Å². The maximum Gasteiger partial charge on any atom is 0.295 e. The van der Waals surface area contributed by atoms with Crippen LogP contribution in [-0.4, -0.2) is 62.2 Å². The molecule has 4 aromatic heterocycles. The fourth-order valence-corrected chi connectivity index (χ4v) is 8.19. The van der Waals surface area contributed by atoms with Gasteiger partial charge in [-0.3, -0.25) is 9.59 Å². The maximum atomic E-state index is 13.0. The Kier molecular flexibility index (Phi) is 6.69. The minimum atomic E-state index is -0.160. The number of methoxy groups -OCH3 is 2. The van der Waals surface area contributed by atoms with Gasteiger partial charge in [-0.25, -0.2) is 7.91 Å². The van der Waals surface area contributed by atoms with E-state index in [4.69, 9.17) is 14.2 Å². The summed E-state index contributed by atoms with van der Waals surface area (Å²) < 4.78 is 21.3. The molecule has 210 valence electrons. The summed E-state index contributed by atoms with van der Waals surface area (Å²) in [6, 6.07) is 10.9. The number of rotatable bonds is 8. The summed E-state index contributed by atoms with van der Waals surface area (Å²) >= 11 is 5.28. The molecule has 0 radical (unpaired) electrons. The number of benzene rings is 2. The van der Waals surface area contributed by atoms with E-state index in [1.165, 1.54) is 49.7 Å². The van der Waals surface area contributed by atoms with Crippen molar-refractivity contribution >= 4 is 71.0 Å². The number of anilines is 1. The zero-order valence-corrected chi connectivity index (χ0v) is 24.9. The molecule has 1 aliphatic rings. The van der Waals surface area contributed by atoms with Crippen molar-refractivity contribution in [2.75, 3.05) is 38.8 Å². The van der Waals surface area contributed by atoms with Crippen molar-refractivity contribution in [3.8, 4) is 27.0 Å². The molecule has 0 N–H and O–H groups in total.